The molecule has 0 aliphatic carbocycles. The van der Waals surface area contributed by atoms with Gasteiger partial charge in [-0.15, -0.1) is 10.2 Å². The summed E-state index contributed by atoms with van der Waals surface area (Å²) in [5.74, 6) is -2.78. The molecule has 0 atom stereocenters. The van der Waals surface area contributed by atoms with Crippen LogP contribution in [0.3, 0.4) is 0 Å². The van der Waals surface area contributed by atoms with Crippen LogP contribution in [0, 0.1) is 0 Å². The van der Waals surface area contributed by atoms with Crippen LogP contribution in [0.1, 0.15) is 10.5 Å². The van der Waals surface area contributed by atoms with Crippen LogP contribution in [-0.2, 0) is 34.5 Å². The molecular formula is C19H16N4Na2O13S3. The van der Waals surface area contributed by atoms with E-state index < -0.39 is 75.4 Å². The minimum Gasteiger partial charge on any atom is -0.744 e. The van der Waals surface area contributed by atoms with Crippen LogP contribution in [0.4, 0.5) is 11.4 Å². The van der Waals surface area contributed by atoms with Crippen molar-refractivity contribution < 1.29 is 112 Å². The summed E-state index contributed by atoms with van der Waals surface area (Å²) in [4.78, 5) is 23.5. The number of carbonyl (C=O) groups excluding carboxylic acids is 1. The molecule has 0 radical (unpaired) electrons. The number of carbonyl (C=O) groups is 1. The van der Waals surface area contributed by atoms with Gasteiger partial charge in [0.1, 0.15) is 27.2 Å². The summed E-state index contributed by atoms with van der Waals surface area (Å²) in [5, 5.41) is 21.1. The summed E-state index contributed by atoms with van der Waals surface area (Å²) in [6.45, 7) is -0.899. The van der Waals surface area contributed by atoms with Gasteiger partial charge in [0.15, 0.2) is 15.5 Å². The van der Waals surface area contributed by atoms with Crippen molar-refractivity contribution in [1.82, 2.24) is 9.78 Å². The molecule has 0 aliphatic heterocycles. The van der Waals surface area contributed by atoms with E-state index in [4.69, 9.17) is 9.29 Å². The van der Waals surface area contributed by atoms with Gasteiger partial charge in [0, 0.05) is 0 Å². The zero-order valence-electron chi connectivity index (χ0n) is 21.4. The van der Waals surface area contributed by atoms with Gasteiger partial charge in [0.25, 0.3) is 5.56 Å². The van der Waals surface area contributed by atoms with Crippen molar-refractivity contribution in [3.8, 4) is 11.4 Å². The second kappa shape index (κ2) is 14.5. The quantitative estimate of drug-likeness (QED) is 0.111. The normalized spacial score (nSPS) is 12.0. The first-order valence-corrected chi connectivity index (χ1v) is 14.5. The Bertz CT molecular complexity index is 1830. The predicted octanol–water partition coefficient (Wildman–Crippen LogP) is -6.54. The number of carboxylic acids is 1. The molecule has 2 aromatic carbocycles. The topological polar surface area (TPSA) is 267 Å². The molecule has 0 saturated heterocycles. The molecule has 22 heteroatoms. The molecule has 41 heavy (non-hydrogen) atoms. The Morgan fingerprint density at radius 1 is 1.00 bits per heavy atom. The van der Waals surface area contributed by atoms with Gasteiger partial charge in [-0.05, 0) is 42.5 Å². The fourth-order valence-corrected chi connectivity index (χ4v) is 4.99. The van der Waals surface area contributed by atoms with Crippen LogP contribution in [0.2, 0.25) is 0 Å². The number of sulfone groups is 1. The Labute approximate surface area is 276 Å². The molecule has 0 spiro atoms. The number of methoxy groups -OCH3 is 1. The SMILES string of the molecule is COc1ccc(S(=O)(=O)CCOS(=O)(=O)O)cc1N=Nc1c(C(=O)[O-])[nH]n(-c2ccc(S(=O)(=O)[O-])cc2)c1=O.[Na+].[Na+]. The summed E-state index contributed by atoms with van der Waals surface area (Å²) in [6.07, 6.45) is 0. The number of aromatic amines is 1. The van der Waals surface area contributed by atoms with E-state index in [0.717, 1.165) is 42.5 Å². The molecule has 0 unspecified atom stereocenters. The Morgan fingerprint density at radius 3 is 2.10 bits per heavy atom. The van der Waals surface area contributed by atoms with Crippen LogP contribution >= 0.6 is 0 Å². The Balaban J connectivity index is 0.00000420. The number of nitrogens with one attached hydrogen (secondary N) is 1. The predicted molar refractivity (Wildman–Crippen MR) is 125 cm³/mol. The first-order chi connectivity index (χ1) is 18.0. The van der Waals surface area contributed by atoms with Gasteiger partial charge < -0.3 is 19.2 Å². The van der Waals surface area contributed by atoms with Crippen LogP contribution in [0.15, 0.2) is 67.3 Å². The van der Waals surface area contributed by atoms with Crippen molar-refractivity contribution in [3.05, 3.63) is 58.5 Å². The van der Waals surface area contributed by atoms with E-state index in [1.807, 2.05) is 0 Å². The van der Waals surface area contributed by atoms with Gasteiger partial charge in [-0.25, -0.2) is 25.7 Å². The van der Waals surface area contributed by atoms with Gasteiger partial charge >= 0.3 is 69.5 Å². The van der Waals surface area contributed by atoms with Crippen molar-refractivity contribution in [3.63, 3.8) is 0 Å². The third-order valence-corrected chi connectivity index (χ3v) is 7.80. The van der Waals surface area contributed by atoms with E-state index >= 15 is 0 Å². The van der Waals surface area contributed by atoms with Crippen molar-refractivity contribution in [2.45, 2.75) is 9.79 Å². The number of benzene rings is 2. The van der Waals surface area contributed by atoms with E-state index in [1.165, 1.54) is 7.11 Å². The van der Waals surface area contributed by atoms with E-state index in [-0.39, 0.29) is 76.2 Å². The van der Waals surface area contributed by atoms with Crippen LogP contribution in [0.25, 0.3) is 5.69 Å². The first kappa shape index (κ1) is 37.1. The molecule has 3 rings (SSSR count). The number of rotatable bonds is 11. The molecule has 3 aromatic rings. The van der Waals surface area contributed by atoms with E-state index in [2.05, 4.69) is 19.5 Å². The standard InChI is InChI=1S/C19H18N4O13S3.2Na/c1-35-15-7-6-13(37(27,28)9-8-36-39(32,33)34)10-14(15)20-21-16-17(19(25)26)22-23(18(16)24)11-2-4-12(5-3-11)38(29,30)31;;/h2-7,10,22H,8-9H2,1H3,(H,25,26)(H,29,30,31)(H,32,33,34);;/q;2*+1/p-2. The molecule has 0 aliphatic rings. The van der Waals surface area contributed by atoms with Crippen molar-refractivity contribution in [2.75, 3.05) is 19.5 Å². The van der Waals surface area contributed by atoms with E-state index in [0.29, 0.717) is 4.68 Å². The maximum atomic E-state index is 12.9. The summed E-state index contributed by atoms with van der Waals surface area (Å²) < 4.78 is 98.0. The molecule has 0 amide bonds. The molecule has 1 aromatic heterocycles. The fraction of sp³-hybridized carbons (Fsp3) is 0.158. The number of carboxylic acid groups (broad SMARTS) is 1. The fourth-order valence-electron chi connectivity index (χ4n) is 3.02. The number of H-pyrrole nitrogens is 1. The largest absolute Gasteiger partial charge is 1.00 e. The number of nitrogens with zero attached hydrogens (tertiary/aromatic N) is 3. The number of hydrogen-bond donors (Lipinski definition) is 2. The summed E-state index contributed by atoms with van der Waals surface area (Å²) in [5.41, 5.74) is -3.06. The second-order valence-electron chi connectivity index (χ2n) is 7.31. The average Bonchev–Trinajstić information content (AvgIpc) is 3.17. The van der Waals surface area contributed by atoms with Gasteiger partial charge in [0.05, 0.1) is 40.9 Å². The summed E-state index contributed by atoms with van der Waals surface area (Å²) >= 11 is 0. The van der Waals surface area contributed by atoms with Crippen LogP contribution < -0.4 is 74.5 Å². The van der Waals surface area contributed by atoms with Crippen LogP contribution in [0.5, 0.6) is 5.75 Å². The van der Waals surface area contributed by atoms with Crippen LogP contribution in [-0.4, -0.2) is 69.6 Å². The smallest absolute Gasteiger partial charge is 0.744 e. The number of ether oxygens (including phenoxy) is 1. The molecule has 0 fully saturated rings. The van der Waals surface area contributed by atoms with Gasteiger partial charge in [0.2, 0.25) is 0 Å². The maximum absolute atomic E-state index is 12.9. The molecule has 0 saturated carbocycles. The molecule has 210 valence electrons. The number of azo groups is 1. The number of aromatic carboxylic acids is 1. The Morgan fingerprint density at radius 2 is 1.59 bits per heavy atom. The zero-order valence-corrected chi connectivity index (χ0v) is 27.8. The molecule has 17 nitrogen and oxygen atoms in total. The van der Waals surface area contributed by atoms with Crippen molar-refractivity contribution >= 4 is 47.7 Å². The van der Waals surface area contributed by atoms with Gasteiger partial charge in [-0.1, -0.05) is 0 Å². The molecular weight excluding hydrogens is 634 g/mol. The minimum absolute atomic E-state index is 0. The van der Waals surface area contributed by atoms with E-state index in [9.17, 15) is 44.5 Å². The maximum Gasteiger partial charge on any atom is 1.00 e. The minimum atomic E-state index is -4.88. The average molecular weight is 651 g/mol. The first-order valence-electron chi connectivity index (χ1n) is 10.1. The molecule has 2 N–H and O–H groups in total. The van der Waals surface area contributed by atoms with Crippen molar-refractivity contribution in [1.29, 1.82) is 0 Å². The Kier molecular flexibility index (Phi) is 13.1. The Hall–Kier alpha value is -1.95. The summed E-state index contributed by atoms with van der Waals surface area (Å²) in [7, 11) is -12.6. The number of aromatic nitrogens is 2. The second-order valence-corrected chi connectivity index (χ2v) is 11.9. The van der Waals surface area contributed by atoms with Crippen molar-refractivity contribution in [2.24, 2.45) is 10.2 Å². The summed E-state index contributed by atoms with van der Waals surface area (Å²) in [6, 6.07) is 7.06. The zero-order chi connectivity index (χ0) is 29.2. The third kappa shape index (κ3) is 9.53. The molecule has 0 bridgehead atoms. The number of hydrogen-bond acceptors (Lipinski definition) is 14. The monoisotopic (exact) mass is 650 g/mol. The third-order valence-electron chi connectivity index (χ3n) is 4.81. The van der Waals surface area contributed by atoms with E-state index in [1.54, 1.807) is 0 Å². The van der Waals surface area contributed by atoms with Gasteiger partial charge in [-0.2, -0.15) is 8.42 Å². The molecule has 1 heterocycles. The van der Waals surface area contributed by atoms with Gasteiger partial charge in [-0.3, -0.25) is 14.4 Å².